The molecule has 0 bridgehead atoms. The first-order chi connectivity index (χ1) is 11.4. The fraction of sp³-hybridized carbons (Fsp3) is 0.500. The summed E-state index contributed by atoms with van der Waals surface area (Å²) in [6.07, 6.45) is 1.44. The van der Waals surface area contributed by atoms with E-state index >= 15 is 0 Å². The van der Waals surface area contributed by atoms with Gasteiger partial charge in [-0.15, -0.1) is 0 Å². The molecule has 0 saturated carbocycles. The van der Waals surface area contributed by atoms with Crippen LogP contribution in [0.1, 0.15) is 28.8 Å². The van der Waals surface area contributed by atoms with Crippen LogP contribution in [0.25, 0.3) is 0 Å². The molecule has 1 aliphatic heterocycles. The van der Waals surface area contributed by atoms with Crippen molar-refractivity contribution >= 4 is 17.5 Å². The monoisotopic (exact) mass is 334 g/mol. The molecule has 0 aliphatic carbocycles. The number of rotatable bonds is 5. The number of nitrogens with one attached hydrogen (secondary N) is 1. The van der Waals surface area contributed by atoms with E-state index in [0.717, 1.165) is 6.42 Å². The molecule has 1 aromatic carbocycles. The van der Waals surface area contributed by atoms with Gasteiger partial charge in [-0.05, 0) is 31.4 Å². The summed E-state index contributed by atoms with van der Waals surface area (Å²) in [5.41, 5.74) is 6.21. The second-order valence-electron chi connectivity index (χ2n) is 5.98. The fourth-order valence-electron chi connectivity index (χ4n) is 2.89. The van der Waals surface area contributed by atoms with Gasteiger partial charge in [-0.25, -0.2) is 0 Å². The lowest BCUT2D eigenvalue weighted by atomic mass is 9.96. The maximum Gasteiger partial charge on any atom is 0.270 e. The minimum atomic E-state index is -0.511. The van der Waals surface area contributed by atoms with E-state index in [1.54, 1.807) is 17.9 Å². The summed E-state index contributed by atoms with van der Waals surface area (Å²) < 4.78 is 0. The van der Waals surface area contributed by atoms with E-state index in [1.807, 2.05) is 0 Å². The normalized spacial score (nSPS) is 17.4. The second kappa shape index (κ2) is 7.87. The van der Waals surface area contributed by atoms with Crippen molar-refractivity contribution in [1.29, 1.82) is 0 Å². The molecule has 1 fully saturated rings. The van der Waals surface area contributed by atoms with Crippen LogP contribution in [0.4, 0.5) is 5.69 Å². The molecular formula is C16H22N4O4. The first-order valence-electron chi connectivity index (χ1n) is 7.95. The molecule has 1 heterocycles. The topological polar surface area (TPSA) is 119 Å². The van der Waals surface area contributed by atoms with Crippen LogP contribution in [0.2, 0.25) is 0 Å². The number of likely N-dealkylation sites (tertiary alicyclic amines) is 1. The summed E-state index contributed by atoms with van der Waals surface area (Å²) in [6, 6.07) is 4.34. The van der Waals surface area contributed by atoms with Crippen LogP contribution >= 0.6 is 0 Å². The predicted octanol–water partition coefficient (Wildman–Crippen LogP) is 0.830. The SMILES string of the molecule is Cc1cc(C(=O)N2CCCC(C(=O)NCCN)C2)cc([N+](=O)[O-])c1. The van der Waals surface area contributed by atoms with Gasteiger partial charge in [0.05, 0.1) is 10.8 Å². The highest BCUT2D eigenvalue weighted by Crippen LogP contribution is 2.22. The Morgan fingerprint density at radius 1 is 1.42 bits per heavy atom. The molecule has 0 spiro atoms. The van der Waals surface area contributed by atoms with Crippen LogP contribution in [0.3, 0.4) is 0 Å². The van der Waals surface area contributed by atoms with Crippen LogP contribution in [0, 0.1) is 23.0 Å². The van der Waals surface area contributed by atoms with E-state index in [0.29, 0.717) is 38.2 Å². The van der Waals surface area contributed by atoms with Crippen LogP contribution in [-0.2, 0) is 4.79 Å². The summed E-state index contributed by atoms with van der Waals surface area (Å²) in [7, 11) is 0. The first-order valence-corrected chi connectivity index (χ1v) is 7.95. The number of nitrogens with zero attached hydrogens (tertiary/aromatic N) is 2. The Labute approximate surface area is 140 Å². The summed E-state index contributed by atoms with van der Waals surface area (Å²) in [4.78, 5) is 36.8. The molecule has 0 aromatic heterocycles. The number of benzene rings is 1. The molecule has 2 amide bonds. The Hall–Kier alpha value is -2.48. The molecule has 2 rings (SSSR count). The van der Waals surface area contributed by atoms with Gasteiger partial charge < -0.3 is 16.0 Å². The van der Waals surface area contributed by atoms with Crippen molar-refractivity contribution in [3.8, 4) is 0 Å². The molecule has 1 saturated heterocycles. The van der Waals surface area contributed by atoms with Crippen molar-refractivity contribution in [3.63, 3.8) is 0 Å². The van der Waals surface area contributed by atoms with Crippen molar-refractivity contribution in [1.82, 2.24) is 10.2 Å². The van der Waals surface area contributed by atoms with Gasteiger partial charge in [0.25, 0.3) is 11.6 Å². The lowest BCUT2D eigenvalue weighted by Gasteiger charge is -2.32. The highest BCUT2D eigenvalue weighted by molar-refractivity contribution is 5.95. The van der Waals surface area contributed by atoms with Crippen molar-refractivity contribution in [3.05, 3.63) is 39.4 Å². The van der Waals surface area contributed by atoms with Gasteiger partial charge >= 0.3 is 0 Å². The van der Waals surface area contributed by atoms with E-state index in [4.69, 9.17) is 5.73 Å². The Balaban J connectivity index is 2.12. The minimum absolute atomic E-state index is 0.104. The van der Waals surface area contributed by atoms with Gasteiger partial charge in [-0.1, -0.05) is 0 Å². The van der Waals surface area contributed by atoms with Gasteiger partial charge in [0, 0.05) is 43.9 Å². The maximum absolute atomic E-state index is 12.7. The molecule has 1 aromatic rings. The largest absolute Gasteiger partial charge is 0.355 e. The molecule has 8 heteroatoms. The predicted molar refractivity (Wildman–Crippen MR) is 88.5 cm³/mol. The summed E-state index contributed by atoms with van der Waals surface area (Å²) in [6.45, 7) is 3.35. The Kier molecular flexibility index (Phi) is 5.86. The zero-order valence-electron chi connectivity index (χ0n) is 13.7. The van der Waals surface area contributed by atoms with Crippen LogP contribution in [0.5, 0.6) is 0 Å². The van der Waals surface area contributed by atoms with Crippen molar-refractivity contribution in [2.24, 2.45) is 11.7 Å². The molecular weight excluding hydrogens is 312 g/mol. The van der Waals surface area contributed by atoms with Gasteiger partial charge in [0.15, 0.2) is 0 Å². The van der Waals surface area contributed by atoms with Crippen molar-refractivity contribution in [2.45, 2.75) is 19.8 Å². The highest BCUT2D eigenvalue weighted by atomic mass is 16.6. The third-order valence-corrected chi connectivity index (χ3v) is 4.04. The number of carbonyl (C=O) groups excluding carboxylic acids is 2. The average molecular weight is 334 g/mol. The maximum atomic E-state index is 12.7. The van der Waals surface area contributed by atoms with Crippen LogP contribution < -0.4 is 11.1 Å². The number of hydrogen-bond acceptors (Lipinski definition) is 5. The summed E-state index contributed by atoms with van der Waals surface area (Å²) >= 11 is 0. The Morgan fingerprint density at radius 2 is 2.17 bits per heavy atom. The second-order valence-corrected chi connectivity index (χ2v) is 5.98. The third kappa shape index (κ3) is 4.29. The standard InChI is InChI=1S/C16H22N4O4/c1-11-7-13(9-14(8-11)20(23)24)16(22)19-6-2-3-12(10-19)15(21)18-5-4-17/h7-9,12H,2-6,10,17H2,1H3,(H,18,21). The quantitative estimate of drug-likeness (QED) is 0.611. The number of nitro groups is 1. The van der Waals surface area contributed by atoms with E-state index in [9.17, 15) is 19.7 Å². The first kappa shape index (κ1) is 17.9. The van der Waals surface area contributed by atoms with E-state index in [2.05, 4.69) is 5.32 Å². The number of nitro benzene ring substituents is 1. The van der Waals surface area contributed by atoms with E-state index in [-0.39, 0.29) is 29.0 Å². The summed E-state index contributed by atoms with van der Waals surface area (Å²) in [5.74, 6) is -0.652. The number of nitrogens with two attached hydrogens (primary N) is 1. The Bertz CT molecular complexity index is 647. The van der Waals surface area contributed by atoms with Crippen LogP contribution in [-0.4, -0.2) is 47.8 Å². The average Bonchev–Trinajstić information content (AvgIpc) is 2.58. The molecule has 1 unspecified atom stereocenters. The van der Waals surface area contributed by atoms with Gasteiger partial charge in [0.2, 0.25) is 5.91 Å². The van der Waals surface area contributed by atoms with Crippen molar-refractivity contribution < 1.29 is 14.5 Å². The highest BCUT2D eigenvalue weighted by Gasteiger charge is 2.29. The lowest BCUT2D eigenvalue weighted by molar-refractivity contribution is -0.384. The number of amides is 2. The molecule has 8 nitrogen and oxygen atoms in total. The van der Waals surface area contributed by atoms with Crippen LogP contribution in [0.15, 0.2) is 18.2 Å². The fourth-order valence-corrected chi connectivity index (χ4v) is 2.89. The van der Waals surface area contributed by atoms with Crippen molar-refractivity contribution in [2.75, 3.05) is 26.2 Å². The minimum Gasteiger partial charge on any atom is -0.355 e. The molecule has 130 valence electrons. The summed E-state index contributed by atoms with van der Waals surface area (Å²) in [5, 5.41) is 13.7. The number of aryl methyl sites for hydroxylation is 1. The Morgan fingerprint density at radius 3 is 2.83 bits per heavy atom. The van der Waals surface area contributed by atoms with Gasteiger partial charge in [-0.2, -0.15) is 0 Å². The molecule has 24 heavy (non-hydrogen) atoms. The molecule has 3 N–H and O–H groups in total. The molecule has 1 aliphatic rings. The zero-order chi connectivity index (χ0) is 17.7. The third-order valence-electron chi connectivity index (χ3n) is 4.04. The molecule has 0 radical (unpaired) electrons. The molecule has 1 atom stereocenters. The van der Waals surface area contributed by atoms with E-state index in [1.165, 1.54) is 12.1 Å². The van der Waals surface area contributed by atoms with Gasteiger partial charge in [-0.3, -0.25) is 19.7 Å². The van der Waals surface area contributed by atoms with E-state index < -0.39 is 4.92 Å². The number of non-ortho nitro benzene ring substituents is 1. The van der Waals surface area contributed by atoms with Gasteiger partial charge in [0.1, 0.15) is 0 Å². The smallest absolute Gasteiger partial charge is 0.270 e. The zero-order valence-corrected chi connectivity index (χ0v) is 13.7. The lowest BCUT2D eigenvalue weighted by Crippen LogP contribution is -2.46. The number of hydrogen-bond donors (Lipinski definition) is 2. The number of piperidine rings is 1. The number of carbonyl (C=O) groups is 2.